The van der Waals surface area contributed by atoms with Crippen molar-refractivity contribution in [2.75, 3.05) is 4.90 Å². The first kappa shape index (κ1) is 36.8. The van der Waals surface area contributed by atoms with Crippen LogP contribution in [0.2, 0.25) is 0 Å². The second kappa shape index (κ2) is 14.7. The zero-order valence-corrected chi connectivity index (χ0v) is 35.9. The van der Waals surface area contributed by atoms with Gasteiger partial charge in [0.15, 0.2) is 0 Å². The highest BCUT2D eigenvalue weighted by Gasteiger charge is 2.49. The summed E-state index contributed by atoms with van der Waals surface area (Å²) in [6.45, 7) is 0. The Labute approximate surface area is 374 Å². The lowest BCUT2D eigenvalue weighted by Crippen LogP contribution is -2.36. The fourth-order valence-corrected chi connectivity index (χ4v) is 13.7. The van der Waals surface area contributed by atoms with Crippen LogP contribution in [0.15, 0.2) is 249 Å². The fourth-order valence-electron chi connectivity index (χ4n) is 10.9. The van der Waals surface area contributed by atoms with Crippen molar-refractivity contribution in [3.8, 4) is 27.9 Å². The van der Waals surface area contributed by atoms with Crippen molar-refractivity contribution < 1.29 is 0 Å². The number of rotatable bonds is 6. The number of para-hydroxylation sites is 3. The third-order valence-electron chi connectivity index (χ3n) is 13.5. The number of hydrogen-bond donors (Lipinski definition) is 0. The Morgan fingerprint density at radius 3 is 1.66 bits per heavy atom. The van der Waals surface area contributed by atoms with Gasteiger partial charge in [0.25, 0.3) is 0 Å². The Morgan fingerprint density at radius 1 is 0.375 bits per heavy atom. The Morgan fingerprint density at radius 2 is 0.938 bits per heavy atom. The van der Waals surface area contributed by atoms with E-state index in [0.29, 0.717) is 0 Å². The molecule has 0 saturated carbocycles. The summed E-state index contributed by atoms with van der Waals surface area (Å²) in [4.78, 5) is 2.55. The third-order valence-corrected chi connectivity index (χ3v) is 16.1. The number of hydrogen-bond acceptors (Lipinski definition) is 1. The lowest BCUT2D eigenvalue weighted by Gasteiger charge is -2.40. The van der Waals surface area contributed by atoms with E-state index in [1.165, 1.54) is 99.3 Å². The van der Waals surface area contributed by atoms with Crippen LogP contribution in [0.5, 0.6) is 0 Å². The molecule has 10 aromatic carbocycles. The molecule has 1 aliphatic carbocycles. The van der Waals surface area contributed by atoms with Crippen molar-refractivity contribution in [1.29, 1.82) is 0 Å². The molecule has 0 fully saturated rings. The molecule has 2 heterocycles. The minimum atomic E-state index is -1.02. The third kappa shape index (κ3) is 5.37. The van der Waals surface area contributed by atoms with Crippen LogP contribution >= 0.6 is 7.92 Å². The first-order chi connectivity index (χ1) is 31.8. The van der Waals surface area contributed by atoms with Crippen molar-refractivity contribution in [2.24, 2.45) is 0 Å². The predicted molar refractivity (Wildman–Crippen MR) is 270 cm³/mol. The fraction of sp³-hybridized carbons (Fsp3) is 0.0164. The van der Waals surface area contributed by atoms with E-state index in [1.54, 1.807) is 0 Å². The molecule has 64 heavy (non-hydrogen) atoms. The monoisotopic (exact) mass is 832 g/mol. The van der Waals surface area contributed by atoms with Crippen LogP contribution in [0.3, 0.4) is 0 Å². The van der Waals surface area contributed by atoms with Gasteiger partial charge in [-0.25, -0.2) is 0 Å². The largest absolute Gasteiger partial charge is 0.309 e. The van der Waals surface area contributed by atoms with Gasteiger partial charge < -0.3 is 9.47 Å². The van der Waals surface area contributed by atoms with Crippen molar-refractivity contribution in [1.82, 2.24) is 4.57 Å². The first-order valence-corrected chi connectivity index (χ1v) is 23.4. The van der Waals surface area contributed by atoms with E-state index in [-0.39, 0.29) is 0 Å². The molecule has 1 aromatic heterocycles. The zero-order valence-electron chi connectivity index (χ0n) is 35.0. The van der Waals surface area contributed by atoms with Crippen LogP contribution in [-0.2, 0) is 5.41 Å². The summed E-state index contributed by atoms with van der Waals surface area (Å²) in [5, 5.41) is 6.61. The molecular formula is C61H41N2P. The van der Waals surface area contributed by atoms with Crippen molar-refractivity contribution in [3.05, 3.63) is 271 Å². The zero-order chi connectivity index (χ0) is 42.2. The van der Waals surface area contributed by atoms with Gasteiger partial charge in [-0.05, 0) is 112 Å². The molecule has 1 unspecified atom stereocenters. The maximum Gasteiger partial charge on any atom is 0.0713 e. The molecule has 0 radical (unpaired) electrons. The van der Waals surface area contributed by atoms with Crippen LogP contribution in [-0.4, -0.2) is 4.57 Å². The van der Waals surface area contributed by atoms with Gasteiger partial charge in [0.2, 0.25) is 0 Å². The van der Waals surface area contributed by atoms with Crippen LogP contribution < -0.4 is 20.8 Å². The van der Waals surface area contributed by atoms with E-state index in [9.17, 15) is 0 Å². The Kier molecular flexibility index (Phi) is 8.44. The maximum atomic E-state index is 2.55. The van der Waals surface area contributed by atoms with Crippen molar-refractivity contribution >= 4 is 62.7 Å². The second-order valence-electron chi connectivity index (χ2n) is 16.8. The molecule has 0 N–H and O–H groups in total. The summed E-state index contributed by atoms with van der Waals surface area (Å²) in [6, 6.07) is 92.5. The molecule has 2 nitrogen and oxygen atoms in total. The Balaban J connectivity index is 1.08. The van der Waals surface area contributed by atoms with E-state index in [2.05, 4.69) is 258 Å². The molecule has 1 aliphatic heterocycles. The van der Waals surface area contributed by atoms with Crippen LogP contribution in [0.25, 0.3) is 49.7 Å². The van der Waals surface area contributed by atoms with Crippen molar-refractivity contribution in [2.45, 2.75) is 5.41 Å². The van der Waals surface area contributed by atoms with Gasteiger partial charge in [-0.3, -0.25) is 0 Å². The lowest BCUT2D eigenvalue weighted by molar-refractivity contribution is 0.769. The highest BCUT2D eigenvalue weighted by atomic mass is 31.1. The highest BCUT2D eigenvalue weighted by Crippen LogP contribution is 2.60. The van der Waals surface area contributed by atoms with Gasteiger partial charge in [-0.2, -0.15) is 0 Å². The molecule has 0 bridgehead atoms. The van der Waals surface area contributed by atoms with Crippen molar-refractivity contribution in [3.63, 3.8) is 0 Å². The molecule has 2 aliphatic rings. The summed E-state index contributed by atoms with van der Waals surface area (Å²) in [6.07, 6.45) is 0. The van der Waals surface area contributed by atoms with Crippen LogP contribution in [0.4, 0.5) is 17.1 Å². The number of anilines is 3. The van der Waals surface area contributed by atoms with E-state index in [4.69, 9.17) is 0 Å². The minimum Gasteiger partial charge on any atom is -0.309 e. The molecule has 300 valence electrons. The summed E-state index contributed by atoms with van der Waals surface area (Å²) in [5.41, 5.74) is 17.0. The average molecular weight is 833 g/mol. The SMILES string of the molecule is c1ccc(N2c3cc(-c4ccc5c(c4)c4ccccc4n5-c4ccccc4)ccc3P(c3ccccc3)c3c2ccc2c3-c3ccccc3C2(c2ccccc2)c2ccccc2)cc1. The molecule has 0 amide bonds. The quantitative estimate of drug-likeness (QED) is 0.152. The summed E-state index contributed by atoms with van der Waals surface area (Å²) in [5.74, 6) is 0. The normalized spacial score (nSPS) is 14.5. The van der Waals surface area contributed by atoms with Gasteiger partial charge >= 0.3 is 0 Å². The van der Waals surface area contributed by atoms with E-state index in [1.807, 2.05) is 0 Å². The summed E-state index contributed by atoms with van der Waals surface area (Å²) >= 11 is 0. The highest BCUT2D eigenvalue weighted by molar-refractivity contribution is 7.80. The predicted octanol–water partition coefficient (Wildman–Crippen LogP) is 14.4. The van der Waals surface area contributed by atoms with E-state index >= 15 is 0 Å². The van der Waals surface area contributed by atoms with Gasteiger partial charge in [0.1, 0.15) is 0 Å². The minimum absolute atomic E-state index is 0.495. The molecule has 1 atom stereocenters. The average Bonchev–Trinajstić information content (AvgIpc) is 3.87. The molecule has 11 aromatic rings. The van der Waals surface area contributed by atoms with Crippen LogP contribution in [0, 0.1) is 0 Å². The number of fused-ring (bicyclic) bond motifs is 9. The maximum absolute atomic E-state index is 2.55. The number of nitrogens with zero attached hydrogens (tertiary/aromatic N) is 2. The smallest absolute Gasteiger partial charge is 0.0713 e. The second-order valence-corrected chi connectivity index (χ2v) is 19.0. The molecule has 0 spiro atoms. The van der Waals surface area contributed by atoms with Gasteiger partial charge in [-0.15, -0.1) is 0 Å². The Hall–Kier alpha value is -7.77. The topological polar surface area (TPSA) is 8.17 Å². The van der Waals surface area contributed by atoms with Gasteiger partial charge in [0.05, 0.1) is 27.8 Å². The van der Waals surface area contributed by atoms with Crippen LogP contribution in [0.1, 0.15) is 22.3 Å². The van der Waals surface area contributed by atoms with E-state index in [0.717, 1.165) is 5.69 Å². The summed E-state index contributed by atoms with van der Waals surface area (Å²) in [7, 11) is -1.02. The standard InChI is InChI=1S/C61H41N2P/c1-6-20-44(21-7-1)61(45-22-8-2-9-23-45)52-32-18-16-31-50(52)59-53(61)36-38-56-60(59)64(48-28-14-5-15-29-48)58-39-35-43(41-57(58)63(56)47-26-12-4-13-27-47)42-34-37-55-51(40-42)49-30-17-19-33-54(49)62(55)46-24-10-3-11-25-46/h1-41H. The van der Waals surface area contributed by atoms with Gasteiger partial charge in [-0.1, -0.05) is 194 Å². The lowest BCUT2D eigenvalue weighted by atomic mass is 9.68. The number of aromatic nitrogens is 1. The number of benzene rings is 10. The summed E-state index contributed by atoms with van der Waals surface area (Å²) < 4.78 is 2.39. The Bertz CT molecular complexity index is 3510. The molecule has 0 saturated heterocycles. The van der Waals surface area contributed by atoms with E-state index < -0.39 is 13.3 Å². The van der Waals surface area contributed by atoms with Gasteiger partial charge in [0, 0.05) is 32.8 Å². The molecule has 13 rings (SSSR count). The molecular weight excluding hydrogens is 792 g/mol. The first-order valence-electron chi connectivity index (χ1n) is 22.1. The molecule has 3 heteroatoms.